The monoisotopic (exact) mass is 475 g/mol. The van der Waals surface area contributed by atoms with E-state index in [1.165, 1.54) is 12.4 Å². The third-order valence-electron chi connectivity index (χ3n) is 5.74. The van der Waals surface area contributed by atoms with Gasteiger partial charge in [0.2, 0.25) is 0 Å². The van der Waals surface area contributed by atoms with Crippen LogP contribution in [-0.2, 0) is 0 Å². The Bertz CT molecular complexity index is 1160. The number of aliphatic hydroxyl groups excluding tert-OH is 1. The summed E-state index contributed by atoms with van der Waals surface area (Å²) in [4.78, 5) is 25.1. The molecule has 5 N–H and O–H groups in total. The first-order valence-electron chi connectivity index (χ1n) is 11.7. The Morgan fingerprint density at radius 1 is 1.26 bits per heavy atom. The lowest BCUT2D eigenvalue weighted by molar-refractivity contribution is 0.0951. The maximum Gasteiger partial charge on any atom is 0.252 e. The molecule has 0 spiro atoms. The van der Waals surface area contributed by atoms with Gasteiger partial charge in [0.25, 0.3) is 5.91 Å². The van der Waals surface area contributed by atoms with Crippen molar-refractivity contribution in [3.63, 3.8) is 0 Å². The lowest BCUT2D eigenvalue weighted by atomic mass is 10.00. The number of rotatable bonds is 10. The van der Waals surface area contributed by atoms with E-state index in [0.29, 0.717) is 36.1 Å². The van der Waals surface area contributed by atoms with Gasteiger partial charge in [-0.1, -0.05) is 0 Å². The fourth-order valence-electron chi connectivity index (χ4n) is 3.86. The van der Waals surface area contributed by atoms with Gasteiger partial charge < -0.3 is 30.9 Å². The quantitative estimate of drug-likeness (QED) is 0.276. The second-order valence-corrected chi connectivity index (χ2v) is 8.34. The smallest absolute Gasteiger partial charge is 0.252 e. The minimum atomic E-state index is -0.189. The van der Waals surface area contributed by atoms with Crippen LogP contribution in [0.1, 0.15) is 35.3 Å². The molecular formula is C24H29N9O2. The number of pyridine rings is 1. The van der Waals surface area contributed by atoms with E-state index in [2.05, 4.69) is 36.2 Å². The highest BCUT2D eigenvalue weighted by Gasteiger charge is 2.16. The number of hydrogen-bond donors (Lipinski definition) is 5. The van der Waals surface area contributed by atoms with E-state index in [-0.39, 0.29) is 18.2 Å². The molecule has 35 heavy (non-hydrogen) atoms. The Kier molecular flexibility index (Phi) is 8.21. The van der Waals surface area contributed by atoms with E-state index < -0.39 is 0 Å². The maximum absolute atomic E-state index is 12.4. The van der Waals surface area contributed by atoms with Crippen LogP contribution in [-0.4, -0.2) is 63.3 Å². The van der Waals surface area contributed by atoms with Gasteiger partial charge in [-0.15, -0.1) is 0 Å². The molecule has 3 aromatic heterocycles. The Labute approximate surface area is 203 Å². The molecule has 4 rings (SSSR count). The second-order valence-electron chi connectivity index (χ2n) is 8.34. The van der Waals surface area contributed by atoms with E-state index in [4.69, 9.17) is 10.4 Å². The molecule has 3 aromatic rings. The van der Waals surface area contributed by atoms with Crippen LogP contribution in [0.3, 0.4) is 0 Å². The molecule has 1 unspecified atom stereocenters. The number of nitrogens with zero attached hydrogens (tertiary/aromatic N) is 5. The summed E-state index contributed by atoms with van der Waals surface area (Å²) in [5.74, 6) is 1.38. The van der Waals surface area contributed by atoms with Gasteiger partial charge in [0.15, 0.2) is 5.69 Å². The Morgan fingerprint density at radius 2 is 2.14 bits per heavy atom. The molecule has 182 valence electrons. The van der Waals surface area contributed by atoms with E-state index in [0.717, 1.165) is 43.9 Å². The zero-order chi connectivity index (χ0) is 24.5. The number of nitriles is 1. The van der Waals surface area contributed by atoms with Crippen LogP contribution in [0.5, 0.6) is 0 Å². The molecule has 11 nitrogen and oxygen atoms in total. The van der Waals surface area contributed by atoms with E-state index in [1.807, 2.05) is 22.9 Å². The number of hydrogen-bond acceptors (Lipinski definition) is 9. The van der Waals surface area contributed by atoms with Gasteiger partial charge >= 0.3 is 0 Å². The first-order chi connectivity index (χ1) is 17.2. The van der Waals surface area contributed by atoms with Crippen molar-refractivity contribution in [1.82, 2.24) is 30.2 Å². The summed E-state index contributed by atoms with van der Waals surface area (Å²) >= 11 is 0. The summed E-state index contributed by atoms with van der Waals surface area (Å²) in [5.41, 5.74) is 2.43. The normalized spacial score (nSPS) is 15.3. The van der Waals surface area contributed by atoms with Crippen molar-refractivity contribution in [3.8, 4) is 11.8 Å². The predicted octanol–water partition coefficient (Wildman–Crippen LogP) is 1.80. The number of aliphatic hydroxyl groups is 1. The molecule has 1 saturated heterocycles. The average Bonchev–Trinajstić information content (AvgIpc) is 3.39. The van der Waals surface area contributed by atoms with Crippen LogP contribution in [0.2, 0.25) is 0 Å². The molecule has 4 heterocycles. The Morgan fingerprint density at radius 3 is 2.89 bits per heavy atom. The fourth-order valence-corrected chi connectivity index (χ4v) is 3.86. The molecule has 1 fully saturated rings. The number of piperidine rings is 1. The third kappa shape index (κ3) is 6.53. The zero-order valence-corrected chi connectivity index (χ0v) is 19.4. The molecular weight excluding hydrogens is 446 g/mol. The van der Waals surface area contributed by atoms with Crippen LogP contribution in [0.15, 0.2) is 43.1 Å². The summed E-state index contributed by atoms with van der Waals surface area (Å²) in [6.45, 7) is 3.29. The Balaban J connectivity index is 1.55. The van der Waals surface area contributed by atoms with E-state index >= 15 is 0 Å². The van der Waals surface area contributed by atoms with Gasteiger partial charge in [0.1, 0.15) is 17.7 Å². The number of amides is 1. The molecule has 1 aliphatic rings. The van der Waals surface area contributed by atoms with Gasteiger partial charge in [-0.3, -0.25) is 4.79 Å². The van der Waals surface area contributed by atoms with Gasteiger partial charge in [0, 0.05) is 38.2 Å². The molecule has 1 atom stereocenters. The van der Waals surface area contributed by atoms with Gasteiger partial charge in [0.05, 0.1) is 35.5 Å². The number of anilines is 3. The lowest BCUT2D eigenvalue weighted by Gasteiger charge is -2.24. The molecule has 1 amide bonds. The van der Waals surface area contributed by atoms with Gasteiger partial charge in [-0.05, 0) is 44.3 Å². The largest absolute Gasteiger partial charge is 0.396 e. The number of carbonyl (C=O) groups excluding carboxylic acids is 1. The molecule has 11 heteroatoms. The summed E-state index contributed by atoms with van der Waals surface area (Å²) in [7, 11) is 0. The zero-order valence-electron chi connectivity index (χ0n) is 19.4. The van der Waals surface area contributed by atoms with E-state index in [9.17, 15) is 4.79 Å². The van der Waals surface area contributed by atoms with Crippen molar-refractivity contribution < 1.29 is 9.90 Å². The fraction of sp³-hybridized carbons (Fsp3) is 0.375. The first kappa shape index (κ1) is 24.1. The highest BCUT2D eigenvalue weighted by atomic mass is 16.3. The number of carbonyl (C=O) groups is 1. The lowest BCUT2D eigenvalue weighted by Crippen LogP contribution is -2.33. The van der Waals surface area contributed by atoms with Crippen LogP contribution < -0.4 is 21.3 Å². The standard InChI is InChI=1S/C24H29N9O2/c25-10-19-13-30-23(15-28-19)32-22-9-20(29-12-17-3-1-5-26-11-17)21(14-31-22)33-7-4-18(16-33)24(35)27-6-2-8-34/h4,7,9,13-17,26,34H,1-3,5-6,8,11-12H2,(H,27,35)(H2,29,30,31,32). The summed E-state index contributed by atoms with van der Waals surface area (Å²) in [6.07, 6.45) is 11.0. The van der Waals surface area contributed by atoms with Crippen LogP contribution in [0.25, 0.3) is 5.69 Å². The SMILES string of the molecule is N#Cc1cnc(Nc2cc(NCC3CCCNC3)c(-n3ccc(C(=O)NCCCO)c3)cn2)cn1. The molecule has 0 saturated carbocycles. The van der Waals surface area contributed by atoms with Crippen LogP contribution in [0, 0.1) is 17.2 Å². The third-order valence-corrected chi connectivity index (χ3v) is 5.74. The summed E-state index contributed by atoms with van der Waals surface area (Å²) in [5, 5.41) is 30.8. The first-order valence-corrected chi connectivity index (χ1v) is 11.7. The molecule has 0 aliphatic carbocycles. The molecule has 0 bridgehead atoms. The molecule has 0 aromatic carbocycles. The number of aromatic nitrogens is 4. The maximum atomic E-state index is 12.4. The minimum absolute atomic E-state index is 0.0347. The van der Waals surface area contributed by atoms with Crippen LogP contribution >= 0.6 is 0 Å². The minimum Gasteiger partial charge on any atom is -0.396 e. The van der Waals surface area contributed by atoms with Crippen molar-refractivity contribution >= 4 is 23.2 Å². The molecule has 1 aliphatic heterocycles. The van der Waals surface area contributed by atoms with Crippen molar-refractivity contribution in [2.45, 2.75) is 19.3 Å². The van der Waals surface area contributed by atoms with Crippen molar-refractivity contribution in [3.05, 3.63) is 54.4 Å². The second kappa shape index (κ2) is 11.9. The van der Waals surface area contributed by atoms with Crippen molar-refractivity contribution in [2.75, 3.05) is 43.4 Å². The van der Waals surface area contributed by atoms with Gasteiger partial charge in [-0.25, -0.2) is 15.0 Å². The number of nitrogens with one attached hydrogen (secondary N) is 4. The Hall–Kier alpha value is -4.01. The summed E-state index contributed by atoms with van der Waals surface area (Å²) < 4.78 is 1.86. The topological polar surface area (TPSA) is 153 Å². The highest BCUT2D eigenvalue weighted by Crippen LogP contribution is 2.26. The van der Waals surface area contributed by atoms with Crippen LogP contribution in [0.4, 0.5) is 17.3 Å². The summed E-state index contributed by atoms with van der Waals surface area (Å²) in [6, 6.07) is 5.60. The predicted molar refractivity (Wildman–Crippen MR) is 132 cm³/mol. The van der Waals surface area contributed by atoms with E-state index in [1.54, 1.807) is 18.5 Å². The van der Waals surface area contributed by atoms with Gasteiger partial charge in [-0.2, -0.15) is 5.26 Å². The average molecular weight is 476 g/mol. The van der Waals surface area contributed by atoms with Crippen molar-refractivity contribution in [1.29, 1.82) is 5.26 Å². The van der Waals surface area contributed by atoms with Crippen molar-refractivity contribution in [2.24, 2.45) is 5.92 Å². The highest BCUT2D eigenvalue weighted by molar-refractivity contribution is 5.94. The molecule has 0 radical (unpaired) electrons.